The predicted molar refractivity (Wildman–Crippen MR) is 82.9 cm³/mol. The molecule has 0 aliphatic rings. The van der Waals surface area contributed by atoms with Crippen molar-refractivity contribution in [3.63, 3.8) is 0 Å². The monoisotopic (exact) mass is 306 g/mol. The van der Waals surface area contributed by atoms with Gasteiger partial charge in [0, 0.05) is 19.2 Å². The molecule has 6 nitrogen and oxygen atoms in total. The zero-order valence-electron chi connectivity index (χ0n) is 12.2. The van der Waals surface area contributed by atoms with Crippen molar-refractivity contribution < 1.29 is 9.53 Å². The lowest BCUT2D eigenvalue weighted by atomic mass is 10.1. The maximum Gasteiger partial charge on any atom is 0.323 e. The molecule has 0 aliphatic carbocycles. The van der Waals surface area contributed by atoms with Gasteiger partial charge < -0.3 is 9.64 Å². The van der Waals surface area contributed by atoms with Crippen molar-refractivity contribution in [2.45, 2.75) is 19.4 Å². The molecule has 0 saturated heterocycles. The minimum atomic E-state index is -0.210. The molecule has 7 heteroatoms. The summed E-state index contributed by atoms with van der Waals surface area (Å²) in [7, 11) is 3.29. The van der Waals surface area contributed by atoms with E-state index in [0.29, 0.717) is 11.7 Å². The van der Waals surface area contributed by atoms with E-state index in [-0.39, 0.29) is 12.1 Å². The third-order valence-corrected chi connectivity index (χ3v) is 3.91. The Hall–Kier alpha value is -2.15. The number of urea groups is 1. The number of hydrogen-bond donors (Lipinski definition) is 1. The van der Waals surface area contributed by atoms with Gasteiger partial charge in [-0.15, -0.1) is 0 Å². The zero-order chi connectivity index (χ0) is 15.2. The van der Waals surface area contributed by atoms with Gasteiger partial charge in [0.05, 0.1) is 7.11 Å². The summed E-state index contributed by atoms with van der Waals surface area (Å²) in [6, 6.07) is 3.53. The molecule has 0 saturated carbocycles. The van der Waals surface area contributed by atoms with Crippen LogP contribution in [0.25, 0.3) is 0 Å². The molecule has 0 fully saturated rings. The average molecular weight is 306 g/mol. The summed E-state index contributed by atoms with van der Waals surface area (Å²) in [5.41, 5.74) is 1.23. The molecule has 0 aliphatic heterocycles. The van der Waals surface area contributed by atoms with Crippen LogP contribution in [0.15, 0.2) is 29.2 Å². The third-order valence-electron chi connectivity index (χ3n) is 3.18. The number of carbonyl (C=O) groups is 1. The molecule has 2 rings (SSSR count). The fourth-order valence-corrected chi connectivity index (χ4v) is 2.49. The molecular formula is C14H18N4O2S. The fraction of sp³-hybridized carbons (Fsp3) is 0.357. The van der Waals surface area contributed by atoms with Gasteiger partial charge in [-0.3, -0.25) is 5.32 Å². The van der Waals surface area contributed by atoms with E-state index in [2.05, 4.69) is 26.7 Å². The van der Waals surface area contributed by atoms with Crippen molar-refractivity contribution in [3.8, 4) is 5.88 Å². The minimum Gasteiger partial charge on any atom is -0.481 e. The molecule has 1 N–H and O–H groups in total. The van der Waals surface area contributed by atoms with Crippen LogP contribution in [-0.2, 0) is 6.42 Å². The summed E-state index contributed by atoms with van der Waals surface area (Å²) in [4.78, 5) is 21.8. The number of nitrogens with zero attached hydrogens (tertiary/aromatic N) is 3. The minimum absolute atomic E-state index is 0.0864. The van der Waals surface area contributed by atoms with E-state index in [0.717, 1.165) is 6.42 Å². The Kier molecular flexibility index (Phi) is 5.10. The van der Waals surface area contributed by atoms with Crippen LogP contribution in [0.5, 0.6) is 5.88 Å². The van der Waals surface area contributed by atoms with Gasteiger partial charge in [0.25, 0.3) is 0 Å². The van der Waals surface area contributed by atoms with E-state index in [4.69, 9.17) is 4.74 Å². The predicted octanol–water partition coefficient (Wildman–Crippen LogP) is 2.64. The highest BCUT2D eigenvalue weighted by Crippen LogP contribution is 2.14. The Bertz CT molecular complexity index is 588. The Morgan fingerprint density at radius 3 is 3.00 bits per heavy atom. The zero-order valence-corrected chi connectivity index (χ0v) is 13.1. The van der Waals surface area contributed by atoms with Gasteiger partial charge >= 0.3 is 6.03 Å². The molecule has 2 heterocycles. The standard InChI is InChI=1S/C14H18N4O2S/c1-10(6-11-4-5-21-8-11)18(2)14(19)17-12-7-13(20-3)16-9-15-12/h4-5,7-10H,6H2,1-3H3,(H,15,16,17,19). The highest BCUT2D eigenvalue weighted by molar-refractivity contribution is 7.07. The molecule has 0 spiro atoms. The molecule has 2 aromatic heterocycles. The van der Waals surface area contributed by atoms with Crippen LogP contribution in [-0.4, -0.2) is 41.1 Å². The van der Waals surface area contributed by atoms with E-state index in [1.165, 1.54) is 19.0 Å². The molecular weight excluding hydrogens is 288 g/mol. The number of nitrogens with one attached hydrogen (secondary N) is 1. The first-order chi connectivity index (χ1) is 10.1. The largest absolute Gasteiger partial charge is 0.481 e. The molecule has 2 aromatic rings. The number of rotatable bonds is 5. The number of methoxy groups -OCH3 is 1. The summed E-state index contributed by atoms with van der Waals surface area (Å²) in [5.74, 6) is 0.829. The molecule has 21 heavy (non-hydrogen) atoms. The number of ether oxygens (including phenoxy) is 1. The van der Waals surface area contributed by atoms with Crippen molar-refractivity contribution >= 4 is 23.2 Å². The normalized spacial score (nSPS) is 11.8. The average Bonchev–Trinajstić information content (AvgIpc) is 2.99. The van der Waals surface area contributed by atoms with Crippen LogP contribution >= 0.6 is 11.3 Å². The van der Waals surface area contributed by atoms with Crippen molar-refractivity contribution in [1.82, 2.24) is 14.9 Å². The first-order valence-electron chi connectivity index (χ1n) is 6.51. The molecule has 1 unspecified atom stereocenters. The van der Waals surface area contributed by atoms with E-state index >= 15 is 0 Å². The lowest BCUT2D eigenvalue weighted by Crippen LogP contribution is -2.39. The Balaban J connectivity index is 1.95. The van der Waals surface area contributed by atoms with Gasteiger partial charge in [-0.05, 0) is 35.7 Å². The second-order valence-corrected chi connectivity index (χ2v) is 5.45. The first-order valence-corrected chi connectivity index (χ1v) is 7.45. The number of carbonyl (C=O) groups excluding carboxylic acids is 1. The topological polar surface area (TPSA) is 67.3 Å². The van der Waals surface area contributed by atoms with E-state index in [1.807, 2.05) is 12.3 Å². The second-order valence-electron chi connectivity index (χ2n) is 4.67. The number of aromatic nitrogens is 2. The van der Waals surface area contributed by atoms with Gasteiger partial charge in [0.15, 0.2) is 0 Å². The van der Waals surface area contributed by atoms with E-state index in [9.17, 15) is 4.79 Å². The summed E-state index contributed by atoms with van der Waals surface area (Å²) in [6.45, 7) is 2.01. The van der Waals surface area contributed by atoms with Crippen LogP contribution in [0.3, 0.4) is 0 Å². The summed E-state index contributed by atoms with van der Waals surface area (Å²) < 4.78 is 5.00. The lowest BCUT2D eigenvalue weighted by molar-refractivity contribution is 0.207. The van der Waals surface area contributed by atoms with Crippen LogP contribution < -0.4 is 10.1 Å². The first kappa shape index (κ1) is 15.2. The molecule has 0 aromatic carbocycles. The Morgan fingerprint density at radius 2 is 2.33 bits per heavy atom. The Morgan fingerprint density at radius 1 is 1.52 bits per heavy atom. The molecule has 112 valence electrons. The third kappa shape index (κ3) is 4.16. The molecule has 2 amide bonds. The number of anilines is 1. The maximum absolute atomic E-state index is 12.2. The van der Waals surface area contributed by atoms with Crippen LogP contribution in [0.1, 0.15) is 12.5 Å². The summed E-state index contributed by atoms with van der Waals surface area (Å²) >= 11 is 1.66. The van der Waals surface area contributed by atoms with Crippen molar-refractivity contribution in [3.05, 3.63) is 34.8 Å². The number of thiophene rings is 1. The van der Waals surface area contributed by atoms with Crippen molar-refractivity contribution in [2.75, 3.05) is 19.5 Å². The number of hydrogen-bond acceptors (Lipinski definition) is 5. The highest BCUT2D eigenvalue weighted by atomic mass is 32.1. The van der Waals surface area contributed by atoms with E-state index < -0.39 is 0 Å². The van der Waals surface area contributed by atoms with Gasteiger partial charge in [0.1, 0.15) is 12.1 Å². The van der Waals surface area contributed by atoms with E-state index in [1.54, 1.807) is 29.4 Å². The highest BCUT2D eigenvalue weighted by Gasteiger charge is 2.17. The molecule has 1 atom stereocenters. The summed E-state index contributed by atoms with van der Waals surface area (Å²) in [6.07, 6.45) is 2.17. The quantitative estimate of drug-likeness (QED) is 0.922. The lowest BCUT2D eigenvalue weighted by Gasteiger charge is -2.24. The molecule has 0 radical (unpaired) electrons. The summed E-state index contributed by atoms with van der Waals surface area (Å²) in [5, 5.41) is 6.87. The molecule has 0 bridgehead atoms. The van der Waals surface area contributed by atoms with Crippen molar-refractivity contribution in [1.29, 1.82) is 0 Å². The van der Waals surface area contributed by atoms with Crippen LogP contribution in [0.4, 0.5) is 10.6 Å². The Labute approximate surface area is 127 Å². The van der Waals surface area contributed by atoms with Crippen molar-refractivity contribution in [2.24, 2.45) is 0 Å². The fourth-order valence-electron chi connectivity index (χ4n) is 1.80. The van der Waals surface area contributed by atoms with Gasteiger partial charge in [-0.25, -0.2) is 14.8 Å². The van der Waals surface area contributed by atoms with Gasteiger partial charge in [-0.2, -0.15) is 11.3 Å². The van der Waals surface area contributed by atoms with Crippen LogP contribution in [0, 0.1) is 0 Å². The second kappa shape index (κ2) is 7.03. The van der Waals surface area contributed by atoms with Gasteiger partial charge in [-0.1, -0.05) is 0 Å². The SMILES string of the molecule is COc1cc(NC(=O)N(C)C(C)Cc2ccsc2)ncn1. The number of likely N-dealkylation sites (N-methyl/N-ethyl adjacent to an activating group) is 1. The van der Waals surface area contributed by atoms with Gasteiger partial charge in [0.2, 0.25) is 5.88 Å². The smallest absolute Gasteiger partial charge is 0.323 e. The number of amides is 2. The van der Waals surface area contributed by atoms with Crippen LogP contribution in [0.2, 0.25) is 0 Å². The maximum atomic E-state index is 12.2.